The van der Waals surface area contributed by atoms with E-state index < -0.39 is 18.1 Å². The Hall–Kier alpha value is -1.69. The molecule has 2 N–H and O–H groups in total. The van der Waals surface area contributed by atoms with Crippen LogP contribution in [-0.4, -0.2) is 23.2 Å². The van der Waals surface area contributed by atoms with Gasteiger partial charge in [-0.25, -0.2) is 0 Å². The number of rotatable bonds is 5. The van der Waals surface area contributed by atoms with Crippen molar-refractivity contribution in [3.05, 3.63) is 29.8 Å². The maximum atomic E-state index is 12.1. The molecular formula is C14H17F2NO3. The predicted molar refractivity (Wildman–Crippen MR) is 68.3 cm³/mol. The van der Waals surface area contributed by atoms with Crippen LogP contribution in [0.2, 0.25) is 0 Å². The van der Waals surface area contributed by atoms with Gasteiger partial charge >= 0.3 is 6.61 Å². The predicted octanol–water partition coefficient (Wildman–Crippen LogP) is 2.21. The summed E-state index contributed by atoms with van der Waals surface area (Å²) in [6.45, 7) is -2.71. The van der Waals surface area contributed by atoms with Crippen molar-refractivity contribution >= 4 is 5.91 Å². The number of benzene rings is 1. The molecule has 0 aromatic heterocycles. The van der Waals surface area contributed by atoms with Gasteiger partial charge in [-0.05, 0) is 43.4 Å². The van der Waals surface area contributed by atoms with E-state index in [0.29, 0.717) is 18.4 Å². The Kier molecular flexibility index (Phi) is 4.54. The number of hydrogen-bond acceptors (Lipinski definition) is 3. The average molecular weight is 285 g/mol. The van der Waals surface area contributed by atoms with E-state index in [9.17, 15) is 18.7 Å². The van der Waals surface area contributed by atoms with Crippen LogP contribution in [0, 0.1) is 0 Å². The number of carbonyl (C=O) groups is 1. The minimum atomic E-state index is -2.88. The number of nitrogens with one attached hydrogen (secondary N) is 1. The van der Waals surface area contributed by atoms with Gasteiger partial charge in [0.05, 0.1) is 0 Å². The molecule has 1 aromatic carbocycles. The Morgan fingerprint density at radius 3 is 2.75 bits per heavy atom. The summed E-state index contributed by atoms with van der Waals surface area (Å²) in [6, 6.07) is 6.12. The highest BCUT2D eigenvalue weighted by atomic mass is 19.3. The molecule has 1 aliphatic rings. The molecule has 0 saturated heterocycles. The Bertz CT molecular complexity index is 473. The number of amides is 1. The topological polar surface area (TPSA) is 58.6 Å². The molecule has 1 fully saturated rings. The molecule has 1 aromatic rings. The van der Waals surface area contributed by atoms with Gasteiger partial charge in [0.2, 0.25) is 0 Å². The third kappa shape index (κ3) is 3.66. The van der Waals surface area contributed by atoms with E-state index in [0.717, 1.165) is 12.8 Å². The van der Waals surface area contributed by atoms with Crippen LogP contribution in [0.5, 0.6) is 5.75 Å². The van der Waals surface area contributed by atoms with Gasteiger partial charge in [-0.1, -0.05) is 12.1 Å². The molecule has 0 aliphatic heterocycles. The van der Waals surface area contributed by atoms with Gasteiger partial charge in [-0.15, -0.1) is 0 Å². The maximum absolute atomic E-state index is 12.1. The molecule has 1 amide bonds. The highest BCUT2D eigenvalue weighted by Gasteiger charge is 2.38. The fourth-order valence-electron chi connectivity index (χ4n) is 2.37. The van der Waals surface area contributed by atoms with Gasteiger partial charge in [0.25, 0.3) is 5.91 Å². The van der Waals surface area contributed by atoms with Crippen LogP contribution in [0.1, 0.15) is 31.2 Å². The maximum Gasteiger partial charge on any atom is 0.387 e. The Labute approximate surface area is 115 Å². The van der Waals surface area contributed by atoms with Crippen LogP contribution in [0.4, 0.5) is 8.78 Å². The van der Waals surface area contributed by atoms with Crippen molar-refractivity contribution in [2.75, 3.05) is 0 Å². The minimum Gasteiger partial charge on any atom is -0.435 e. The van der Waals surface area contributed by atoms with E-state index in [2.05, 4.69) is 10.1 Å². The summed E-state index contributed by atoms with van der Waals surface area (Å²) in [5, 5.41) is 12.7. The molecule has 0 bridgehead atoms. The third-order valence-corrected chi connectivity index (χ3v) is 3.43. The first-order chi connectivity index (χ1) is 9.49. The summed E-state index contributed by atoms with van der Waals surface area (Å²) < 4.78 is 28.5. The van der Waals surface area contributed by atoms with Crippen LogP contribution in [0.25, 0.3) is 0 Å². The highest BCUT2D eigenvalue weighted by molar-refractivity contribution is 5.85. The van der Waals surface area contributed by atoms with Gasteiger partial charge in [-0.2, -0.15) is 8.78 Å². The lowest BCUT2D eigenvalue weighted by atomic mass is 10.0. The van der Waals surface area contributed by atoms with Crippen molar-refractivity contribution in [2.45, 2.75) is 44.4 Å². The van der Waals surface area contributed by atoms with E-state index in [4.69, 9.17) is 0 Å². The van der Waals surface area contributed by atoms with Crippen LogP contribution in [-0.2, 0) is 11.3 Å². The molecule has 1 saturated carbocycles. The van der Waals surface area contributed by atoms with E-state index in [-0.39, 0.29) is 12.3 Å². The fraction of sp³-hybridized carbons (Fsp3) is 0.500. The Morgan fingerprint density at radius 1 is 1.40 bits per heavy atom. The van der Waals surface area contributed by atoms with Crippen molar-refractivity contribution in [2.24, 2.45) is 0 Å². The molecule has 0 unspecified atom stereocenters. The first-order valence-corrected chi connectivity index (χ1v) is 6.54. The van der Waals surface area contributed by atoms with Crippen LogP contribution in [0.3, 0.4) is 0 Å². The standard InChI is InChI=1S/C14H17F2NO3/c15-13(16)20-11-5-3-4-10(8-11)9-17-12(18)14(19)6-1-2-7-14/h3-5,8,13,19H,1-2,6-7,9H2,(H,17,18). The smallest absolute Gasteiger partial charge is 0.387 e. The van der Waals surface area contributed by atoms with Crippen molar-refractivity contribution in [1.82, 2.24) is 5.32 Å². The van der Waals surface area contributed by atoms with E-state index in [1.807, 2.05) is 0 Å². The average Bonchev–Trinajstić information content (AvgIpc) is 2.84. The van der Waals surface area contributed by atoms with Crippen molar-refractivity contribution in [3.8, 4) is 5.75 Å². The molecule has 0 spiro atoms. The summed E-state index contributed by atoms with van der Waals surface area (Å²) in [5.74, 6) is -0.360. The number of alkyl halides is 2. The highest BCUT2D eigenvalue weighted by Crippen LogP contribution is 2.29. The first kappa shape index (κ1) is 14.7. The molecular weight excluding hydrogens is 268 g/mol. The normalized spacial score (nSPS) is 17.2. The molecule has 0 radical (unpaired) electrons. The molecule has 0 heterocycles. The molecule has 6 heteroatoms. The monoisotopic (exact) mass is 285 g/mol. The zero-order valence-electron chi connectivity index (χ0n) is 10.9. The summed E-state index contributed by atoms with van der Waals surface area (Å²) >= 11 is 0. The molecule has 110 valence electrons. The minimum absolute atomic E-state index is 0.0475. The largest absolute Gasteiger partial charge is 0.435 e. The summed E-state index contributed by atoms with van der Waals surface area (Å²) in [4.78, 5) is 11.9. The van der Waals surface area contributed by atoms with Gasteiger partial charge in [-0.3, -0.25) is 4.79 Å². The SMILES string of the molecule is O=C(NCc1cccc(OC(F)F)c1)C1(O)CCCC1. The van der Waals surface area contributed by atoms with Crippen molar-refractivity contribution in [1.29, 1.82) is 0 Å². The van der Waals surface area contributed by atoms with E-state index >= 15 is 0 Å². The number of aliphatic hydroxyl groups is 1. The molecule has 20 heavy (non-hydrogen) atoms. The molecule has 1 aliphatic carbocycles. The van der Waals surface area contributed by atoms with Gasteiger partial charge in [0.15, 0.2) is 0 Å². The lowest BCUT2D eigenvalue weighted by molar-refractivity contribution is -0.139. The van der Waals surface area contributed by atoms with Crippen molar-refractivity contribution < 1.29 is 23.4 Å². The van der Waals surface area contributed by atoms with Crippen molar-refractivity contribution in [3.63, 3.8) is 0 Å². The van der Waals surface area contributed by atoms with E-state index in [1.165, 1.54) is 12.1 Å². The van der Waals surface area contributed by atoms with Crippen LogP contribution >= 0.6 is 0 Å². The second-order valence-electron chi connectivity index (χ2n) is 4.95. The van der Waals surface area contributed by atoms with Crippen LogP contribution in [0.15, 0.2) is 24.3 Å². The Morgan fingerprint density at radius 2 is 2.10 bits per heavy atom. The summed E-state index contributed by atoms with van der Waals surface area (Å²) in [6.07, 6.45) is 2.60. The quantitative estimate of drug-likeness (QED) is 0.872. The van der Waals surface area contributed by atoms with Gasteiger partial charge in [0.1, 0.15) is 11.4 Å². The lowest BCUT2D eigenvalue weighted by Crippen LogP contribution is -2.44. The summed E-state index contributed by atoms with van der Waals surface area (Å²) in [5.41, 5.74) is -0.644. The number of hydrogen-bond donors (Lipinski definition) is 2. The lowest BCUT2D eigenvalue weighted by Gasteiger charge is -2.21. The second-order valence-corrected chi connectivity index (χ2v) is 4.95. The Balaban J connectivity index is 1.92. The number of halogens is 2. The zero-order chi connectivity index (χ0) is 14.6. The molecule has 2 rings (SSSR count). The third-order valence-electron chi connectivity index (χ3n) is 3.43. The van der Waals surface area contributed by atoms with Gasteiger partial charge in [0, 0.05) is 6.54 Å². The first-order valence-electron chi connectivity index (χ1n) is 6.54. The fourth-order valence-corrected chi connectivity index (χ4v) is 2.37. The molecule has 0 atom stereocenters. The number of ether oxygens (including phenoxy) is 1. The second kappa shape index (κ2) is 6.17. The van der Waals surface area contributed by atoms with E-state index in [1.54, 1.807) is 12.1 Å². The zero-order valence-corrected chi connectivity index (χ0v) is 10.9. The summed E-state index contributed by atoms with van der Waals surface area (Å²) in [7, 11) is 0. The molecule has 4 nitrogen and oxygen atoms in total. The number of carbonyl (C=O) groups excluding carboxylic acids is 1. The van der Waals surface area contributed by atoms with Crippen LogP contribution < -0.4 is 10.1 Å². The van der Waals surface area contributed by atoms with Gasteiger partial charge < -0.3 is 15.2 Å².